The summed E-state index contributed by atoms with van der Waals surface area (Å²) in [5.41, 5.74) is -0.452. The number of amides is 1. The first-order valence-electron chi connectivity index (χ1n) is 5.59. The number of nitrogens with zero attached hydrogens (tertiary/aromatic N) is 1. The second-order valence-corrected chi connectivity index (χ2v) is 4.41. The third-order valence-corrected chi connectivity index (χ3v) is 2.91. The van der Waals surface area contributed by atoms with E-state index in [4.69, 9.17) is 11.6 Å². The van der Waals surface area contributed by atoms with E-state index in [1.54, 1.807) is 0 Å². The predicted octanol–water partition coefficient (Wildman–Crippen LogP) is 3.78. The number of carbonyl (C=O) groups excluding carboxylic acids is 1. The molecule has 0 fully saturated rings. The summed E-state index contributed by atoms with van der Waals surface area (Å²) in [7, 11) is 0. The lowest BCUT2D eigenvalue weighted by Crippen LogP contribution is -2.13. The van der Waals surface area contributed by atoms with Crippen LogP contribution in [0.2, 0.25) is 5.02 Å². The Morgan fingerprint density at radius 2 is 1.86 bits per heavy atom. The second kappa shape index (κ2) is 5.84. The highest BCUT2D eigenvalue weighted by molar-refractivity contribution is 6.34. The normalized spacial score (nSPS) is 10.2. The van der Waals surface area contributed by atoms with Crippen LogP contribution in [0, 0.1) is 21.7 Å². The fourth-order valence-electron chi connectivity index (χ4n) is 1.57. The molecule has 0 aliphatic carbocycles. The number of nitro groups is 1. The van der Waals surface area contributed by atoms with E-state index in [0.29, 0.717) is 0 Å². The van der Waals surface area contributed by atoms with Crippen LogP contribution in [0.1, 0.15) is 10.4 Å². The SMILES string of the molecule is O=C(Nc1ccc(F)c(F)c1)c1cc([N+](=O)[O-])ccc1Cl. The maximum Gasteiger partial charge on any atom is 0.270 e. The summed E-state index contributed by atoms with van der Waals surface area (Å²) >= 11 is 5.80. The van der Waals surface area contributed by atoms with Crippen molar-refractivity contribution in [3.05, 3.63) is 68.7 Å². The van der Waals surface area contributed by atoms with Gasteiger partial charge >= 0.3 is 0 Å². The molecular weight excluding hydrogens is 306 g/mol. The first kappa shape index (κ1) is 14.9. The Morgan fingerprint density at radius 3 is 2.48 bits per heavy atom. The van der Waals surface area contributed by atoms with Gasteiger partial charge in [-0.1, -0.05) is 11.6 Å². The van der Waals surface area contributed by atoms with Crippen LogP contribution in [0.4, 0.5) is 20.2 Å². The third-order valence-electron chi connectivity index (χ3n) is 2.58. The summed E-state index contributed by atoms with van der Waals surface area (Å²) in [6, 6.07) is 6.15. The number of hydrogen-bond donors (Lipinski definition) is 1. The van der Waals surface area contributed by atoms with E-state index < -0.39 is 22.5 Å². The van der Waals surface area contributed by atoms with Crippen molar-refractivity contribution >= 4 is 28.9 Å². The average Bonchev–Trinajstić information content (AvgIpc) is 2.43. The molecule has 0 spiro atoms. The molecule has 5 nitrogen and oxygen atoms in total. The van der Waals surface area contributed by atoms with E-state index in [2.05, 4.69) is 5.32 Å². The van der Waals surface area contributed by atoms with Crippen molar-refractivity contribution in [3.8, 4) is 0 Å². The molecule has 1 amide bonds. The molecule has 1 N–H and O–H groups in total. The van der Waals surface area contributed by atoms with Crippen LogP contribution in [-0.4, -0.2) is 10.8 Å². The lowest BCUT2D eigenvalue weighted by atomic mass is 10.2. The van der Waals surface area contributed by atoms with Crippen molar-refractivity contribution in [2.24, 2.45) is 0 Å². The van der Waals surface area contributed by atoms with E-state index in [1.807, 2.05) is 0 Å². The molecular formula is C13H7ClF2N2O3. The molecule has 0 heterocycles. The molecule has 2 aromatic carbocycles. The molecule has 0 aliphatic heterocycles. The molecule has 108 valence electrons. The highest BCUT2D eigenvalue weighted by atomic mass is 35.5. The number of halogens is 3. The van der Waals surface area contributed by atoms with Crippen LogP contribution in [-0.2, 0) is 0 Å². The van der Waals surface area contributed by atoms with Gasteiger partial charge < -0.3 is 5.32 Å². The van der Waals surface area contributed by atoms with Gasteiger partial charge in [-0.3, -0.25) is 14.9 Å². The van der Waals surface area contributed by atoms with E-state index >= 15 is 0 Å². The zero-order valence-electron chi connectivity index (χ0n) is 10.3. The molecule has 0 saturated carbocycles. The molecule has 0 aliphatic rings. The molecule has 2 rings (SSSR count). The molecule has 0 radical (unpaired) electrons. The number of benzene rings is 2. The average molecular weight is 313 g/mol. The van der Waals surface area contributed by atoms with Crippen LogP contribution < -0.4 is 5.32 Å². The van der Waals surface area contributed by atoms with E-state index in [1.165, 1.54) is 6.07 Å². The van der Waals surface area contributed by atoms with Crippen molar-refractivity contribution in [2.75, 3.05) is 5.32 Å². The Kier molecular flexibility index (Phi) is 4.13. The van der Waals surface area contributed by atoms with Crippen molar-refractivity contribution in [1.29, 1.82) is 0 Å². The largest absolute Gasteiger partial charge is 0.322 e. The van der Waals surface area contributed by atoms with E-state index in [9.17, 15) is 23.7 Å². The van der Waals surface area contributed by atoms with E-state index in [0.717, 1.165) is 30.3 Å². The number of rotatable bonds is 3. The van der Waals surface area contributed by atoms with Gasteiger partial charge in [0.1, 0.15) is 0 Å². The molecule has 8 heteroatoms. The van der Waals surface area contributed by atoms with Crippen molar-refractivity contribution in [3.63, 3.8) is 0 Å². The van der Waals surface area contributed by atoms with Gasteiger partial charge in [-0.2, -0.15) is 0 Å². The lowest BCUT2D eigenvalue weighted by molar-refractivity contribution is -0.384. The first-order chi connectivity index (χ1) is 9.88. The van der Waals surface area contributed by atoms with Crippen LogP contribution in [0.25, 0.3) is 0 Å². The zero-order chi connectivity index (χ0) is 15.6. The highest BCUT2D eigenvalue weighted by Gasteiger charge is 2.16. The third kappa shape index (κ3) is 3.32. The van der Waals surface area contributed by atoms with Gasteiger partial charge in [0.2, 0.25) is 0 Å². The Labute approximate surface area is 122 Å². The Bertz CT molecular complexity index is 737. The van der Waals surface area contributed by atoms with Crippen molar-refractivity contribution in [1.82, 2.24) is 0 Å². The maximum atomic E-state index is 13.0. The van der Waals surface area contributed by atoms with Crippen molar-refractivity contribution < 1.29 is 18.5 Å². The Balaban J connectivity index is 2.29. The van der Waals surface area contributed by atoms with Crippen LogP contribution in [0.5, 0.6) is 0 Å². The molecule has 0 unspecified atom stereocenters. The quantitative estimate of drug-likeness (QED) is 0.692. The number of nitrogens with one attached hydrogen (secondary N) is 1. The van der Waals surface area contributed by atoms with Gasteiger partial charge in [0.25, 0.3) is 11.6 Å². The summed E-state index contributed by atoms with van der Waals surface area (Å²) in [5, 5.41) is 12.9. The van der Waals surface area contributed by atoms with Crippen LogP contribution >= 0.6 is 11.6 Å². The zero-order valence-corrected chi connectivity index (χ0v) is 11.0. The Hall–Kier alpha value is -2.54. The van der Waals surface area contributed by atoms with Gasteiger partial charge in [0.15, 0.2) is 11.6 Å². The maximum absolute atomic E-state index is 13.0. The van der Waals surface area contributed by atoms with Gasteiger partial charge in [-0.15, -0.1) is 0 Å². The molecule has 0 atom stereocenters. The van der Waals surface area contributed by atoms with Gasteiger partial charge in [0.05, 0.1) is 15.5 Å². The van der Waals surface area contributed by atoms with Gasteiger partial charge in [-0.25, -0.2) is 8.78 Å². The fourth-order valence-corrected chi connectivity index (χ4v) is 1.78. The summed E-state index contributed by atoms with van der Waals surface area (Å²) in [6.07, 6.45) is 0. The summed E-state index contributed by atoms with van der Waals surface area (Å²) in [4.78, 5) is 22.0. The molecule has 2 aromatic rings. The minimum Gasteiger partial charge on any atom is -0.322 e. The van der Waals surface area contributed by atoms with Crippen LogP contribution in [0.15, 0.2) is 36.4 Å². The number of carbonyl (C=O) groups is 1. The van der Waals surface area contributed by atoms with E-state index in [-0.39, 0.29) is 22.0 Å². The van der Waals surface area contributed by atoms with Gasteiger partial charge in [0, 0.05) is 23.9 Å². The number of non-ortho nitro benzene ring substituents is 1. The smallest absolute Gasteiger partial charge is 0.270 e. The molecule has 0 bridgehead atoms. The number of anilines is 1. The summed E-state index contributed by atoms with van der Waals surface area (Å²) in [5.74, 6) is -2.95. The minimum atomic E-state index is -1.13. The van der Waals surface area contributed by atoms with Crippen LogP contribution in [0.3, 0.4) is 0 Å². The standard InChI is InChI=1S/C13H7ClF2N2O3/c14-10-3-2-8(18(20)21)6-9(10)13(19)17-7-1-4-11(15)12(16)5-7/h1-6H,(H,17,19). The molecule has 0 saturated heterocycles. The highest BCUT2D eigenvalue weighted by Crippen LogP contribution is 2.23. The Morgan fingerprint density at radius 1 is 1.14 bits per heavy atom. The monoisotopic (exact) mass is 312 g/mol. The van der Waals surface area contributed by atoms with Gasteiger partial charge in [-0.05, 0) is 18.2 Å². The fraction of sp³-hybridized carbons (Fsp3) is 0. The predicted molar refractivity (Wildman–Crippen MR) is 72.4 cm³/mol. The second-order valence-electron chi connectivity index (χ2n) is 4.00. The molecule has 0 aromatic heterocycles. The topological polar surface area (TPSA) is 72.2 Å². The summed E-state index contributed by atoms with van der Waals surface area (Å²) < 4.78 is 25.8. The lowest BCUT2D eigenvalue weighted by Gasteiger charge is -2.07. The summed E-state index contributed by atoms with van der Waals surface area (Å²) in [6.45, 7) is 0. The number of nitro benzene ring substituents is 1. The first-order valence-corrected chi connectivity index (χ1v) is 5.96. The van der Waals surface area contributed by atoms with Crippen molar-refractivity contribution in [2.45, 2.75) is 0 Å². The number of hydrogen-bond acceptors (Lipinski definition) is 3. The minimum absolute atomic E-state index is 0.000633. The molecule has 21 heavy (non-hydrogen) atoms.